The molecule has 0 saturated carbocycles. The van der Waals surface area contributed by atoms with Gasteiger partial charge in [-0.2, -0.15) is 0 Å². The van der Waals surface area contributed by atoms with Crippen molar-refractivity contribution in [2.75, 3.05) is 11.1 Å². The Kier molecular flexibility index (Phi) is 4.98. The summed E-state index contributed by atoms with van der Waals surface area (Å²) in [6.45, 7) is 0. The average Bonchev–Trinajstić information content (AvgIpc) is 2.72. The van der Waals surface area contributed by atoms with Crippen molar-refractivity contribution in [3.05, 3.63) is 88.1 Å². The third-order valence-corrected chi connectivity index (χ3v) is 5.53. The molecule has 7 heteroatoms. The third kappa shape index (κ3) is 3.44. The molecule has 1 N–H and O–H groups in total. The number of nitrogens with zero attached hydrogens (tertiary/aromatic N) is 1. The molecule has 1 aliphatic rings. The van der Waals surface area contributed by atoms with Crippen LogP contribution < -0.4 is 5.32 Å². The van der Waals surface area contributed by atoms with Crippen molar-refractivity contribution in [3.63, 3.8) is 0 Å². The second-order valence-corrected chi connectivity index (χ2v) is 7.49. The van der Waals surface area contributed by atoms with Crippen molar-refractivity contribution in [2.45, 2.75) is 5.03 Å². The van der Waals surface area contributed by atoms with Crippen molar-refractivity contribution < 1.29 is 14.4 Å². The van der Waals surface area contributed by atoms with Gasteiger partial charge >= 0.3 is 0 Å². The van der Waals surface area contributed by atoms with Crippen LogP contribution in [0.4, 0.5) is 5.69 Å². The molecule has 1 aliphatic carbocycles. The molecule has 5 nitrogen and oxygen atoms in total. The number of thioether (sulfide) groups is 1. The Labute approximate surface area is 170 Å². The first kappa shape index (κ1) is 18.4. The van der Waals surface area contributed by atoms with Crippen LogP contribution in [0.5, 0.6) is 0 Å². The summed E-state index contributed by atoms with van der Waals surface area (Å²) in [6.07, 6.45) is 1.65. The minimum atomic E-state index is -0.285. The van der Waals surface area contributed by atoms with Crippen LogP contribution in [0.1, 0.15) is 31.8 Å². The Morgan fingerprint density at radius 3 is 2.21 bits per heavy atom. The Bertz CT molecular complexity index is 1120. The summed E-state index contributed by atoms with van der Waals surface area (Å²) < 4.78 is 0. The van der Waals surface area contributed by atoms with Gasteiger partial charge < -0.3 is 5.32 Å². The van der Waals surface area contributed by atoms with E-state index < -0.39 is 0 Å². The third-order valence-electron chi connectivity index (χ3n) is 4.28. The second kappa shape index (κ2) is 7.58. The van der Waals surface area contributed by atoms with Crippen molar-refractivity contribution >= 4 is 46.5 Å². The smallest absolute Gasteiger partial charge is 0.234 e. The molecule has 0 bridgehead atoms. The van der Waals surface area contributed by atoms with Crippen molar-refractivity contribution in [1.29, 1.82) is 0 Å². The summed E-state index contributed by atoms with van der Waals surface area (Å²) in [5.74, 6) is -0.663. The number of carbonyl (C=O) groups excluding carboxylic acids is 3. The monoisotopic (exact) mass is 408 g/mol. The van der Waals surface area contributed by atoms with Gasteiger partial charge in [0.25, 0.3) is 0 Å². The van der Waals surface area contributed by atoms with Gasteiger partial charge in [0.2, 0.25) is 5.91 Å². The standard InChI is InChI=1S/C21H13ClN2O3S/c22-16-9-14-15(21(27)13-6-2-1-5-12(13)20(14)26)10-17(16)24-18(25)11-28-19-7-3-4-8-23-19/h1-10H,11H2,(H,24,25). The van der Waals surface area contributed by atoms with Crippen LogP contribution in [-0.4, -0.2) is 28.2 Å². The van der Waals surface area contributed by atoms with Crippen LogP contribution in [-0.2, 0) is 4.79 Å². The largest absolute Gasteiger partial charge is 0.324 e. The highest BCUT2D eigenvalue weighted by molar-refractivity contribution is 7.99. The van der Waals surface area contributed by atoms with Crippen LogP contribution in [0.2, 0.25) is 5.02 Å². The van der Waals surface area contributed by atoms with Gasteiger partial charge in [-0.25, -0.2) is 4.98 Å². The molecule has 1 heterocycles. The molecule has 0 fully saturated rings. The number of nitrogens with one attached hydrogen (secondary N) is 1. The lowest BCUT2D eigenvalue weighted by atomic mass is 9.84. The summed E-state index contributed by atoms with van der Waals surface area (Å²) in [7, 11) is 0. The number of benzene rings is 2. The number of aromatic nitrogens is 1. The van der Waals surface area contributed by atoms with Crippen molar-refractivity contribution in [2.24, 2.45) is 0 Å². The van der Waals surface area contributed by atoms with Gasteiger partial charge in [-0.1, -0.05) is 53.7 Å². The summed E-state index contributed by atoms with van der Waals surface area (Å²) in [6, 6.07) is 15.0. The van der Waals surface area contributed by atoms with E-state index in [1.807, 2.05) is 12.1 Å². The Hall–Kier alpha value is -2.96. The van der Waals surface area contributed by atoms with Gasteiger partial charge in [-0.15, -0.1) is 0 Å². The number of carbonyl (C=O) groups is 3. The first-order valence-corrected chi connectivity index (χ1v) is 9.76. The van der Waals surface area contributed by atoms with Crippen LogP contribution >= 0.6 is 23.4 Å². The fraction of sp³-hybridized carbons (Fsp3) is 0.0476. The first-order chi connectivity index (χ1) is 13.5. The highest BCUT2D eigenvalue weighted by Crippen LogP contribution is 2.33. The second-order valence-electron chi connectivity index (χ2n) is 6.09. The van der Waals surface area contributed by atoms with Crippen molar-refractivity contribution in [1.82, 2.24) is 4.98 Å². The molecule has 0 radical (unpaired) electrons. The van der Waals surface area contributed by atoms with Gasteiger partial charge in [0, 0.05) is 28.5 Å². The van der Waals surface area contributed by atoms with Gasteiger partial charge in [0.05, 0.1) is 21.5 Å². The lowest BCUT2D eigenvalue weighted by molar-refractivity contribution is -0.113. The topological polar surface area (TPSA) is 76.1 Å². The number of hydrogen-bond donors (Lipinski definition) is 1. The van der Waals surface area contributed by atoms with Crippen LogP contribution in [0, 0.1) is 0 Å². The maximum absolute atomic E-state index is 12.8. The van der Waals surface area contributed by atoms with Crippen LogP contribution in [0.3, 0.4) is 0 Å². The molecule has 0 atom stereocenters. The van der Waals surface area contributed by atoms with Gasteiger partial charge in [-0.3, -0.25) is 14.4 Å². The molecule has 1 aromatic heterocycles. The predicted octanol–water partition coefficient (Wildman–Crippen LogP) is 4.24. The molecule has 3 aromatic rings. The van der Waals surface area contributed by atoms with E-state index in [0.29, 0.717) is 16.8 Å². The van der Waals surface area contributed by atoms with Crippen molar-refractivity contribution in [3.8, 4) is 0 Å². The fourth-order valence-electron chi connectivity index (χ4n) is 2.97. The minimum Gasteiger partial charge on any atom is -0.324 e. The summed E-state index contributed by atoms with van der Waals surface area (Å²) >= 11 is 7.55. The normalized spacial score (nSPS) is 12.3. The quantitative estimate of drug-likeness (QED) is 0.511. The molecule has 0 saturated heterocycles. The van der Waals surface area contributed by atoms with Gasteiger partial charge in [0.1, 0.15) is 0 Å². The van der Waals surface area contributed by atoms with E-state index in [0.717, 1.165) is 5.03 Å². The zero-order valence-electron chi connectivity index (χ0n) is 14.4. The number of ketones is 2. The number of hydrogen-bond acceptors (Lipinski definition) is 5. The number of pyridine rings is 1. The lowest BCUT2D eigenvalue weighted by Gasteiger charge is -2.19. The maximum atomic E-state index is 12.8. The zero-order valence-corrected chi connectivity index (χ0v) is 16.0. The molecule has 0 unspecified atom stereocenters. The van der Waals surface area contributed by atoms with Gasteiger partial charge in [0.15, 0.2) is 11.6 Å². The van der Waals surface area contributed by atoms with Crippen LogP contribution in [0.25, 0.3) is 0 Å². The number of anilines is 1. The minimum absolute atomic E-state index is 0.139. The van der Waals surface area contributed by atoms with E-state index in [1.165, 1.54) is 23.9 Å². The Balaban J connectivity index is 1.57. The van der Waals surface area contributed by atoms with Crippen LogP contribution in [0.15, 0.2) is 65.8 Å². The van der Waals surface area contributed by atoms with E-state index >= 15 is 0 Å². The highest BCUT2D eigenvalue weighted by Gasteiger charge is 2.30. The number of halogens is 1. The van der Waals surface area contributed by atoms with E-state index in [-0.39, 0.29) is 39.4 Å². The molecule has 0 aliphatic heterocycles. The molecule has 2 aromatic carbocycles. The fourth-order valence-corrected chi connectivity index (χ4v) is 3.84. The Morgan fingerprint density at radius 1 is 0.929 bits per heavy atom. The molecule has 1 amide bonds. The van der Waals surface area contributed by atoms with E-state index in [4.69, 9.17) is 11.6 Å². The number of fused-ring (bicyclic) bond motifs is 2. The molecule has 0 spiro atoms. The van der Waals surface area contributed by atoms with Gasteiger partial charge in [-0.05, 0) is 24.3 Å². The summed E-state index contributed by atoms with van der Waals surface area (Å²) in [5.41, 5.74) is 1.49. The van der Waals surface area contributed by atoms with E-state index in [2.05, 4.69) is 10.3 Å². The summed E-state index contributed by atoms with van der Waals surface area (Å²) in [4.78, 5) is 41.9. The number of amides is 1. The summed E-state index contributed by atoms with van der Waals surface area (Å²) in [5, 5.41) is 3.64. The van der Waals surface area contributed by atoms with E-state index in [1.54, 1.807) is 36.5 Å². The predicted molar refractivity (Wildman–Crippen MR) is 108 cm³/mol. The molecule has 28 heavy (non-hydrogen) atoms. The molecule has 138 valence electrons. The maximum Gasteiger partial charge on any atom is 0.234 e. The Morgan fingerprint density at radius 2 is 1.57 bits per heavy atom. The number of rotatable bonds is 4. The molecular weight excluding hydrogens is 396 g/mol. The molecule has 4 rings (SSSR count). The lowest BCUT2D eigenvalue weighted by Crippen LogP contribution is -2.22. The zero-order chi connectivity index (χ0) is 19.7. The highest BCUT2D eigenvalue weighted by atomic mass is 35.5. The van der Waals surface area contributed by atoms with E-state index in [9.17, 15) is 14.4 Å². The molecular formula is C21H13ClN2O3S. The first-order valence-electron chi connectivity index (χ1n) is 8.40. The SMILES string of the molecule is O=C(CSc1ccccn1)Nc1cc2c(cc1Cl)C(=O)c1ccccc1C2=O. The average molecular weight is 409 g/mol.